The summed E-state index contributed by atoms with van der Waals surface area (Å²) in [7, 11) is 0. The standard InChI is InChI=1S/C9H7BrCl2O2/c10-6(9(13)14)3-5-1-2-7(11)8(12)4-5/h1-2,4,6H,3H2,(H,13,14)/t6-/m1/s1. The maximum absolute atomic E-state index is 10.5. The quantitative estimate of drug-likeness (QED) is 0.869. The number of carbonyl (C=O) groups is 1. The molecule has 0 radical (unpaired) electrons. The summed E-state index contributed by atoms with van der Waals surface area (Å²) in [6, 6.07) is 5.08. The van der Waals surface area contributed by atoms with Crippen LogP contribution in [-0.4, -0.2) is 15.9 Å². The fraction of sp³-hybridized carbons (Fsp3) is 0.222. The van der Waals surface area contributed by atoms with Gasteiger partial charge < -0.3 is 5.11 Å². The van der Waals surface area contributed by atoms with E-state index in [2.05, 4.69) is 15.9 Å². The molecule has 0 saturated carbocycles. The molecule has 0 fully saturated rings. The maximum atomic E-state index is 10.5. The summed E-state index contributed by atoms with van der Waals surface area (Å²) < 4.78 is 0. The molecule has 0 saturated heterocycles. The van der Waals surface area contributed by atoms with Gasteiger partial charge in [0.1, 0.15) is 4.83 Å². The molecule has 0 spiro atoms. The monoisotopic (exact) mass is 296 g/mol. The van der Waals surface area contributed by atoms with Gasteiger partial charge in [-0.05, 0) is 24.1 Å². The average molecular weight is 298 g/mol. The zero-order chi connectivity index (χ0) is 10.7. The lowest BCUT2D eigenvalue weighted by molar-refractivity contribution is -0.136. The zero-order valence-electron chi connectivity index (χ0n) is 7.01. The third-order valence-electron chi connectivity index (χ3n) is 1.67. The number of halogens is 3. The Kier molecular flexibility index (Phi) is 4.23. The molecular weight excluding hydrogens is 291 g/mol. The van der Waals surface area contributed by atoms with E-state index in [1.165, 1.54) is 0 Å². The van der Waals surface area contributed by atoms with E-state index in [4.69, 9.17) is 28.3 Å². The number of rotatable bonds is 3. The molecule has 1 aromatic carbocycles. The SMILES string of the molecule is O=C(O)[C@H](Br)Cc1ccc(Cl)c(Cl)c1. The van der Waals surface area contributed by atoms with Gasteiger partial charge in [-0.15, -0.1) is 0 Å². The number of aliphatic carboxylic acids is 1. The lowest BCUT2D eigenvalue weighted by atomic mass is 10.1. The zero-order valence-corrected chi connectivity index (χ0v) is 10.1. The fourth-order valence-corrected chi connectivity index (χ4v) is 1.66. The van der Waals surface area contributed by atoms with Crippen molar-refractivity contribution in [3.05, 3.63) is 33.8 Å². The number of hydrogen-bond acceptors (Lipinski definition) is 1. The highest BCUT2D eigenvalue weighted by molar-refractivity contribution is 9.10. The smallest absolute Gasteiger partial charge is 0.317 e. The van der Waals surface area contributed by atoms with E-state index in [9.17, 15) is 4.79 Å². The largest absolute Gasteiger partial charge is 0.480 e. The highest BCUT2D eigenvalue weighted by Crippen LogP contribution is 2.23. The van der Waals surface area contributed by atoms with E-state index in [1.807, 2.05) is 0 Å². The number of hydrogen-bond donors (Lipinski definition) is 1. The topological polar surface area (TPSA) is 37.3 Å². The predicted octanol–water partition coefficient (Wildman–Crippen LogP) is 3.38. The molecule has 1 N–H and O–H groups in total. The third kappa shape index (κ3) is 3.15. The molecule has 1 atom stereocenters. The van der Waals surface area contributed by atoms with Gasteiger partial charge in [-0.1, -0.05) is 45.2 Å². The van der Waals surface area contributed by atoms with Crippen LogP contribution in [0, 0.1) is 0 Å². The van der Waals surface area contributed by atoms with Gasteiger partial charge in [-0.3, -0.25) is 4.79 Å². The van der Waals surface area contributed by atoms with Crippen molar-refractivity contribution in [3.63, 3.8) is 0 Å². The lowest BCUT2D eigenvalue weighted by Gasteiger charge is -2.05. The molecule has 0 aliphatic rings. The summed E-state index contributed by atoms with van der Waals surface area (Å²) in [5, 5.41) is 9.57. The minimum absolute atomic E-state index is 0.381. The second kappa shape index (κ2) is 5.01. The van der Waals surface area contributed by atoms with Crippen molar-refractivity contribution in [2.24, 2.45) is 0 Å². The van der Waals surface area contributed by atoms with Gasteiger partial charge in [0, 0.05) is 0 Å². The van der Waals surface area contributed by atoms with Crippen LogP contribution in [0.3, 0.4) is 0 Å². The molecule has 0 amide bonds. The molecule has 0 aliphatic carbocycles. The molecule has 1 aromatic rings. The van der Waals surface area contributed by atoms with Crippen LogP contribution < -0.4 is 0 Å². The number of carboxylic acid groups (broad SMARTS) is 1. The van der Waals surface area contributed by atoms with Crippen LogP contribution in [-0.2, 0) is 11.2 Å². The third-order valence-corrected chi connectivity index (χ3v) is 3.12. The normalized spacial score (nSPS) is 12.5. The molecule has 14 heavy (non-hydrogen) atoms. The Morgan fingerprint density at radius 1 is 1.43 bits per heavy atom. The second-order valence-electron chi connectivity index (χ2n) is 2.76. The van der Waals surface area contributed by atoms with Crippen LogP contribution in [0.25, 0.3) is 0 Å². The van der Waals surface area contributed by atoms with Gasteiger partial charge in [-0.25, -0.2) is 0 Å². The first-order valence-electron chi connectivity index (χ1n) is 3.81. The maximum Gasteiger partial charge on any atom is 0.317 e. The number of alkyl halides is 1. The minimum Gasteiger partial charge on any atom is -0.480 e. The molecule has 76 valence electrons. The van der Waals surface area contributed by atoms with Crippen molar-refractivity contribution in [2.45, 2.75) is 11.2 Å². The van der Waals surface area contributed by atoms with Gasteiger partial charge in [0.15, 0.2) is 0 Å². The minimum atomic E-state index is -0.893. The Hall–Kier alpha value is -0.250. The van der Waals surface area contributed by atoms with Crippen molar-refractivity contribution >= 4 is 45.1 Å². The van der Waals surface area contributed by atoms with Crippen molar-refractivity contribution in [1.29, 1.82) is 0 Å². The summed E-state index contributed by atoms with van der Waals surface area (Å²) in [5.41, 5.74) is 0.837. The summed E-state index contributed by atoms with van der Waals surface area (Å²) in [5.74, 6) is -0.893. The summed E-state index contributed by atoms with van der Waals surface area (Å²) in [4.78, 5) is 9.95. The van der Waals surface area contributed by atoms with Crippen LogP contribution in [0.5, 0.6) is 0 Å². The Morgan fingerprint density at radius 3 is 2.57 bits per heavy atom. The first-order valence-corrected chi connectivity index (χ1v) is 5.48. The summed E-state index contributed by atoms with van der Waals surface area (Å²) in [6.07, 6.45) is 0.381. The Labute approximate surface area is 100.0 Å². The fourth-order valence-electron chi connectivity index (χ4n) is 0.961. The number of benzene rings is 1. The molecule has 2 nitrogen and oxygen atoms in total. The molecule has 0 heterocycles. The van der Waals surface area contributed by atoms with Gasteiger partial charge in [0.05, 0.1) is 10.0 Å². The Morgan fingerprint density at radius 2 is 2.07 bits per heavy atom. The highest BCUT2D eigenvalue weighted by Gasteiger charge is 2.13. The van der Waals surface area contributed by atoms with Crippen LogP contribution in [0.4, 0.5) is 0 Å². The molecule has 1 rings (SSSR count). The van der Waals surface area contributed by atoms with Crippen LogP contribution in [0.1, 0.15) is 5.56 Å². The average Bonchev–Trinajstić information content (AvgIpc) is 2.11. The van der Waals surface area contributed by atoms with Gasteiger partial charge in [-0.2, -0.15) is 0 Å². The van der Waals surface area contributed by atoms with E-state index in [1.54, 1.807) is 18.2 Å². The highest BCUT2D eigenvalue weighted by atomic mass is 79.9. The van der Waals surface area contributed by atoms with Gasteiger partial charge in [0.25, 0.3) is 0 Å². The first-order chi connectivity index (χ1) is 6.50. The van der Waals surface area contributed by atoms with Crippen molar-refractivity contribution < 1.29 is 9.90 Å². The van der Waals surface area contributed by atoms with Crippen molar-refractivity contribution in [3.8, 4) is 0 Å². The molecular formula is C9H7BrCl2O2. The predicted molar refractivity (Wildman–Crippen MR) is 60.5 cm³/mol. The molecule has 5 heteroatoms. The van der Waals surface area contributed by atoms with E-state index < -0.39 is 10.8 Å². The van der Waals surface area contributed by atoms with Gasteiger partial charge in [0.2, 0.25) is 0 Å². The van der Waals surface area contributed by atoms with Crippen LogP contribution >= 0.6 is 39.1 Å². The Balaban J connectivity index is 2.78. The van der Waals surface area contributed by atoms with E-state index in [-0.39, 0.29) is 0 Å². The van der Waals surface area contributed by atoms with Crippen LogP contribution in [0.15, 0.2) is 18.2 Å². The summed E-state index contributed by atoms with van der Waals surface area (Å²) in [6.45, 7) is 0. The Bertz CT molecular complexity index is 355. The number of carboxylic acids is 1. The van der Waals surface area contributed by atoms with Crippen molar-refractivity contribution in [1.82, 2.24) is 0 Å². The molecule has 0 aromatic heterocycles. The van der Waals surface area contributed by atoms with Gasteiger partial charge >= 0.3 is 5.97 Å². The van der Waals surface area contributed by atoms with E-state index >= 15 is 0 Å². The first kappa shape index (κ1) is 11.8. The van der Waals surface area contributed by atoms with Crippen LogP contribution in [0.2, 0.25) is 10.0 Å². The molecule has 0 aliphatic heterocycles. The molecule has 0 bridgehead atoms. The molecule has 0 unspecified atom stereocenters. The second-order valence-corrected chi connectivity index (χ2v) is 4.68. The lowest BCUT2D eigenvalue weighted by Crippen LogP contribution is -2.15. The van der Waals surface area contributed by atoms with E-state index in [0.29, 0.717) is 16.5 Å². The van der Waals surface area contributed by atoms with E-state index in [0.717, 1.165) is 5.56 Å². The van der Waals surface area contributed by atoms with Crippen molar-refractivity contribution in [2.75, 3.05) is 0 Å². The summed E-state index contributed by atoms with van der Waals surface area (Å²) >= 11 is 14.5.